The van der Waals surface area contributed by atoms with Gasteiger partial charge in [0.15, 0.2) is 0 Å². The van der Waals surface area contributed by atoms with Crippen LogP contribution in [0.1, 0.15) is 19.4 Å². The Morgan fingerprint density at radius 1 is 1.16 bits per heavy atom. The van der Waals surface area contributed by atoms with Crippen LogP contribution in [0, 0.1) is 0 Å². The van der Waals surface area contributed by atoms with Crippen molar-refractivity contribution in [2.45, 2.75) is 20.4 Å². The molecule has 1 aliphatic heterocycles. The quantitative estimate of drug-likeness (QED) is 0.898. The summed E-state index contributed by atoms with van der Waals surface area (Å²) >= 11 is 3.69. The Bertz CT molecular complexity index is 400. The van der Waals surface area contributed by atoms with Gasteiger partial charge in [-0.15, -0.1) is 0 Å². The minimum Gasteiger partial charge on any atom is -0.369 e. The molecule has 19 heavy (non-hydrogen) atoms. The number of anilines is 1. The lowest BCUT2D eigenvalue weighted by Crippen LogP contribution is -2.46. The minimum absolute atomic E-state index is 0.932. The van der Waals surface area contributed by atoms with E-state index in [1.165, 1.54) is 35.4 Å². The Labute approximate surface area is 125 Å². The summed E-state index contributed by atoms with van der Waals surface area (Å²) in [6.45, 7) is 12.1. The van der Waals surface area contributed by atoms with Gasteiger partial charge in [0, 0.05) is 42.9 Å². The Morgan fingerprint density at radius 2 is 1.89 bits per heavy atom. The number of rotatable bonds is 5. The van der Waals surface area contributed by atoms with E-state index in [0.29, 0.717) is 0 Å². The lowest BCUT2D eigenvalue weighted by molar-refractivity contribution is 0.271. The number of nitrogens with zero attached hydrogens (tertiary/aromatic N) is 2. The first-order valence-electron chi connectivity index (χ1n) is 7.21. The summed E-state index contributed by atoms with van der Waals surface area (Å²) in [5.74, 6) is 0. The van der Waals surface area contributed by atoms with Crippen LogP contribution in [0.2, 0.25) is 0 Å². The van der Waals surface area contributed by atoms with E-state index < -0.39 is 0 Å². The van der Waals surface area contributed by atoms with Gasteiger partial charge in [0.1, 0.15) is 0 Å². The normalized spacial score (nSPS) is 16.9. The molecule has 1 saturated heterocycles. The predicted molar refractivity (Wildman–Crippen MR) is 85.8 cm³/mol. The molecule has 1 aliphatic rings. The van der Waals surface area contributed by atoms with Crippen LogP contribution >= 0.6 is 15.9 Å². The molecule has 1 aromatic rings. The molecule has 0 saturated carbocycles. The highest BCUT2D eigenvalue weighted by atomic mass is 79.9. The average molecular weight is 326 g/mol. The SMILES string of the molecule is CCNCc1ccc(N2CCN(CC)CC2)cc1Br. The summed E-state index contributed by atoms with van der Waals surface area (Å²) in [6.07, 6.45) is 0. The van der Waals surface area contributed by atoms with Crippen molar-refractivity contribution < 1.29 is 0 Å². The molecule has 1 heterocycles. The van der Waals surface area contributed by atoms with E-state index in [-0.39, 0.29) is 0 Å². The van der Waals surface area contributed by atoms with Gasteiger partial charge in [-0.1, -0.05) is 35.8 Å². The second-order valence-corrected chi connectivity index (χ2v) is 5.83. The van der Waals surface area contributed by atoms with E-state index in [9.17, 15) is 0 Å². The zero-order chi connectivity index (χ0) is 13.7. The van der Waals surface area contributed by atoms with E-state index in [2.05, 4.69) is 63.1 Å². The van der Waals surface area contributed by atoms with E-state index in [1.807, 2.05) is 0 Å². The first kappa shape index (κ1) is 14.8. The Kier molecular flexibility index (Phi) is 5.67. The van der Waals surface area contributed by atoms with Gasteiger partial charge < -0.3 is 15.1 Å². The number of piperazine rings is 1. The molecule has 106 valence electrons. The van der Waals surface area contributed by atoms with Crippen molar-refractivity contribution in [1.82, 2.24) is 10.2 Å². The minimum atomic E-state index is 0.932. The zero-order valence-electron chi connectivity index (χ0n) is 12.0. The maximum absolute atomic E-state index is 3.69. The van der Waals surface area contributed by atoms with Crippen LogP contribution in [0.4, 0.5) is 5.69 Å². The van der Waals surface area contributed by atoms with E-state index in [0.717, 1.165) is 26.2 Å². The van der Waals surface area contributed by atoms with Gasteiger partial charge in [0.05, 0.1) is 0 Å². The highest BCUT2D eigenvalue weighted by molar-refractivity contribution is 9.10. The third-order valence-corrected chi connectivity index (χ3v) is 4.52. The van der Waals surface area contributed by atoms with Crippen molar-refractivity contribution in [3.8, 4) is 0 Å². The Morgan fingerprint density at radius 3 is 2.47 bits per heavy atom. The van der Waals surface area contributed by atoms with Gasteiger partial charge in [-0.3, -0.25) is 0 Å². The highest BCUT2D eigenvalue weighted by Gasteiger charge is 2.16. The van der Waals surface area contributed by atoms with Gasteiger partial charge in [0.2, 0.25) is 0 Å². The van der Waals surface area contributed by atoms with Crippen LogP contribution in [0.3, 0.4) is 0 Å². The molecule has 1 N–H and O–H groups in total. The molecule has 0 aliphatic carbocycles. The van der Waals surface area contributed by atoms with Gasteiger partial charge in [-0.2, -0.15) is 0 Å². The largest absolute Gasteiger partial charge is 0.369 e. The van der Waals surface area contributed by atoms with Crippen LogP contribution in [0.5, 0.6) is 0 Å². The summed E-state index contributed by atoms with van der Waals surface area (Å²) in [5.41, 5.74) is 2.67. The maximum Gasteiger partial charge on any atom is 0.0378 e. The van der Waals surface area contributed by atoms with Crippen LogP contribution in [0.15, 0.2) is 22.7 Å². The van der Waals surface area contributed by atoms with E-state index >= 15 is 0 Å². The Hall–Kier alpha value is -0.580. The van der Waals surface area contributed by atoms with Crippen molar-refractivity contribution in [1.29, 1.82) is 0 Å². The number of hydrogen-bond donors (Lipinski definition) is 1. The molecule has 4 heteroatoms. The van der Waals surface area contributed by atoms with Gasteiger partial charge >= 0.3 is 0 Å². The molecular weight excluding hydrogens is 302 g/mol. The van der Waals surface area contributed by atoms with Crippen LogP contribution < -0.4 is 10.2 Å². The summed E-state index contributed by atoms with van der Waals surface area (Å²) in [4.78, 5) is 4.99. The molecule has 3 nitrogen and oxygen atoms in total. The fraction of sp³-hybridized carbons (Fsp3) is 0.600. The number of halogens is 1. The first-order valence-corrected chi connectivity index (χ1v) is 8.00. The summed E-state index contributed by atoms with van der Waals surface area (Å²) in [5, 5.41) is 3.37. The molecule has 0 radical (unpaired) electrons. The third kappa shape index (κ3) is 3.94. The van der Waals surface area contributed by atoms with Crippen molar-refractivity contribution in [3.63, 3.8) is 0 Å². The molecule has 0 atom stereocenters. The van der Waals surface area contributed by atoms with Gasteiger partial charge in [-0.05, 0) is 30.8 Å². The third-order valence-electron chi connectivity index (χ3n) is 3.79. The topological polar surface area (TPSA) is 18.5 Å². The zero-order valence-corrected chi connectivity index (χ0v) is 13.5. The molecule has 0 unspecified atom stereocenters. The van der Waals surface area contributed by atoms with E-state index in [1.54, 1.807) is 0 Å². The fourth-order valence-corrected chi connectivity index (χ4v) is 2.97. The smallest absolute Gasteiger partial charge is 0.0378 e. The maximum atomic E-state index is 3.69. The molecule has 1 fully saturated rings. The van der Waals surface area contributed by atoms with Gasteiger partial charge in [-0.25, -0.2) is 0 Å². The molecular formula is C15H24BrN3. The number of hydrogen-bond acceptors (Lipinski definition) is 3. The summed E-state index contributed by atoms with van der Waals surface area (Å²) in [7, 11) is 0. The molecule has 0 bridgehead atoms. The molecule has 0 amide bonds. The number of likely N-dealkylation sites (N-methyl/N-ethyl adjacent to an activating group) is 1. The van der Waals surface area contributed by atoms with Crippen LogP contribution in [0.25, 0.3) is 0 Å². The summed E-state index contributed by atoms with van der Waals surface area (Å²) < 4.78 is 1.21. The lowest BCUT2D eigenvalue weighted by Gasteiger charge is -2.35. The van der Waals surface area contributed by atoms with Crippen LogP contribution in [-0.2, 0) is 6.54 Å². The molecule has 0 spiro atoms. The number of benzene rings is 1. The van der Waals surface area contributed by atoms with Crippen molar-refractivity contribution >= 4 is 21.6 Å². The van der Waals surface area contributed by atoms with Crippen molar-refractivity contribution in [3.05, 3.63) is 28.2 Å². The Balaban J connectivity index is 1.99. The average Bonchev–Trinajstić information content (AvgIpc) is 2.46. The lowest BCUT2D eigenvalue weighted by atomic mass is 10.1. The van der Waals surface area contributed by atoms with Crippen molar-refractivity contribution in [2.75, 3.05) is 44.2 Å². The second kappa shape index (κ2) is 7.27. The first-order chi connectivity index (χ1) is 9.24. The molecule has 0 aromatic heterocycles. The standard InChI is InChI=1S/C15H24BrN3/c1-3-17-12-13-5-6-14(11-15(13)16)19-9-7-18(4-2)8-10-19/h5-6,11,17H,3-4,7-10,12H2,1-2H3. The predicted octanol–water partition coefficient (Wildman–Crippen LogP) is 2.70. The second-order valence-electron chi connectivity index (χ2n) is 4.98. The summed E-state index contributed by atoms with van der Waals surface area (Å²) in [6, 6.07) is 6.74. The van der Waals surface area contributed by atoms with Crippen molar-refractivity contribution in [2.24, 2.45) is 0 Å². The van der Waals surface area contributed by atoms with Crippen LogP contribution in [-0.4, -0.2) is 44.2 Å². The highest BCUT2D eigenvalue weighted by Crippen LogP contribution is 2.25. The molecule has 1 aromatic carbocycles. The van der Waals surface area contributed by atoms with E-state index in [4.69, 9.17) is 0 Å². The fourth-order valence-electron chi connectivity index (χ4n) is 2.46. The van der Waals surface area contributed by atoms with Gasteiger partial charge in [0.25, 0.3) is 0 Å². The molecule has 2 rings (SSSR count). The monoisotopic (exact) mass is 325 g/mol. The number of nitrogens with one attached hydrogen (secondary N) is 1.